The van der Waals surface area contributed by atoms with E-state index >= 15 is 0 Å². The molecule has 0 amide bonds. The van der Waals surface area contributed by atoms with Gasteiger partial charge in [-0.15, -0.1) is 11.8 Å². The minimum atomic E-state index is -1.17. The summed E-state index contributed by atoms with van der Waals surface area (Å²) in [6, 6.07) is 22.1. The van der Waals surface area contributed by atoms with Crippen LogP contribution in [0.15, 0.2) is 72.1 Å². The second-order valence-corrected chi connectivity index (χ2v) is 12.3. The van der Waals surface area contributed by atoms with E-state index < -0.39 is 5.67 Å². The molecule has 0 bridgehead atoms. The monoisotopic (exact) mass is 474 g/mol. The van der Waals surface area contributed by atoms with Crippen LogP contribution in [0.25, 0.3) is 17.2 Å². The third kappa shape index (κ3) is 6.85. The summed E-state index contributed by atoms with van der Waals surface area (Å²) >= 11 is 1.84. The van der Waals surface area contributed by atoms with Crippen LogP contribution in [0.2, 0.25) is 0 Å². The van der Waals surface area contributed by atoms with Crippen LogP contribution in [-0.4, -0.2) is 5.67 Å². The molecule has 0 aromatic heterocycles. The average molecular weight is 475 g/mol. The molecule has 0 spiro atoms. The van der Waals surface area contributed by atoms with Gasteiger partial charge in [-0.1, -0.05) is 82.0 Å². The highest BCUT2D eigenvalue weighted by Gasteiger charge is 2.22. The molecule has 0 fully saturated rings. The fraction of sp³-hybridized carbons (Fsp3) is 0.375. The van der Waals surface area contributed by atoms with Crippen molar-refractivity contribution in [2.75, 3.05) is 0 Å². The Labute approximate surface area is 210 Å². The van der Waals surface area contributed by atoms with E-state index in [2.05, 4.69) is 102 Å². The van der Waals surface area contributed by atoms with Crippen LogP contribution in [0.1, 0.15) is 80.5 Å². The first-order valence-corrected chi connectivity index (χ1v) is 13.1. The van der Waals surface area contributed by atoms with Crippen LogP contribution in [0, 0.1) is 13.8 Å². The van der Waals surface area contributed by atoms with Crippen molar-refractivity contribution in [2.45, 2.75) is 82.5 Å². The molecule has 3 rings (SSSR count). The predicted octanol–water partition coefficient (Wildman–Crippen LogP) is 10.3. The Morgan fingerprint density at radius 1 is 0.882 bits per heavy atom. The minimum absolute atomic E-state index is 0.149. The topological polar surface area (TPSA) is 0 Å². The van der Waals surface area contributed by atoms with Gasteiger partial charge in [-0.25, -0.2) is 4.39 Å². The molecular weight excluding hydrogens is 435 g/mol. The normalized spacial score (nSPS) is 13.1. The molecule has 3 aromatic carbocycles. The summed E-state index contributed by atoms with van der Waals surface area (Å²) in [5, 5.41) is 0.199. The molecule has 0 aliphatic rings. The maximum Gasteiger partial charge on any atom is 0.105 e. The Morgan fingerprint density at radius 2 is 1.44 bits per heavy atom. The van der Waals surface area contributed by atoms with Gasteiger partial charge in [0, 0.05) is 10.1 Å². The van der Waals surface area contributed by atoms with Crippen molar-refractivity contribution in [2.24, 2.45) is 0 Å². The molecule has 0 saturated heterocycles. The molecule has 0 nitrogen and oxygen atoms in total. The number of benzene rings is 3. The van der Waals surface area contributed by atoms with Gasteiger partial charge in [-0.2, -0.15) is 0 Å². The van der Waals surface area contributed by atoms with Crippen LogP contribution in [-0.2, 0) is 5.41 Å². The van der Waals surface area contributed by atoms with Crippen molar-refractivity contribution >= 4 is 17.8 Å². The van der Waals surface area contributed by atoms with Crippen LogP contribution in [0.5, 0.6) is 0 Å². The lowest BCUT2D eigenvalue weighted by Gasteiger charge is -2.22. The minimum Gasteiger partial charge on any atom is -0.245 e. The highest BCUT2D eigenvalue weighted by molar-refractivity contribution is 7.99. The van der Waals surface area contributed by atoms with E-state index in [0.29, 0.717) is 6.42 Å². The number of halogens is 1. The number of hydrogen-bond donors (Lipinski definition) is 0. The summed E-state index contributed by atoms with van der Waals surface area (Å²) in [5.74, 6) is 0. The van der Waals surface area contributed by atoms with Gasteiger partial charge in [-0.05, 0) is 97.0 Å². The van der Waals surface area contributed by atoms with E-state index in [-0.39, 0.29) is 10.7 Å². The first-order valence-electron chi connectivity index (χ1n) is 12.2. The number of hydrogen-bond acceptors (Lipinski definition) is 1. The molecule has 34 heavy (non-hydrogen) atoms. The standard InChI is InChI=1S/C32H39FS/c1-9-24-10-12-25(13-11-24)29(18-19-32(7,8)33)34-28-20-22(2)30(23(3)21-28)26-14-16-27(17-15-26)31(4,5)6/h9-17,20-21,29H,1,18-19H2,2-8H3. The zero-order chi connectivity index (χ0) is 25.1. The molecule has 0 heterocycles. The summed E-state index contributed by atoms with van der Waals surface area (Å²) in [5.41, 5.74) is 7.78. The highest BCUT2D eigenvalue weighted by atomic mass is 32.2. The molecule has 0 saturated carbocycles. The summed E-state index contributed by atoms with van der Waals surface area (Å²) < 4.78 is 14.4. The summed E-state index contributed by atoms with van der Waals surface area (Å²) in [6.45, 7) is 18.3. The lowest BCUT2D eigenvalue weighted by molar-refractivity contribution is 0.197. The number of aryl methyl sites for hydroxylation is 2. The Bertz CT molecular complexity index is 1090. The average Bonchev–Trinajstić information content (AvgIpc) is 2.75. The van der Waals surface area contributed by atoms with E-state index in [1.807, 2.05) is 17.8 Å². The lowest BCUT2D eigenvalue weighted by Crippen LogP contribution is -2.12. The molecule has 0 radical (unpaired) electrons. The van der Waals surface area contributed by atoms with E-state index in [0.717, 1.165) is 12.0 Å². The molecular formula is C32H39FS. The zero-order valence-corrected chi connectivity index (χ0v) is 22.7. The Hall–Kier alpha value is -2.32. The second kappa shape index (κ2) is 10.5. The lowest BCUT2D eigenvalue weighted by atomic mass is 9.85. The van der Waals surface area contributed by atoms with Gasteiger partial charge >= 0.3 is 0 Å². The van der Waals surface area contributed by atoms with Crippen molar-refractivity contribution in [3.8, 4) is 11.1 Å². The van der Waals surface area contributed by atoms with Gasteiger partial charge < -0.3 is 0 Å². The second-order valence-electron chi connectivity index (χ2n) is 11.0. The predicted molar refractivity (Wildman–Crippen MR) is 150 cm³/mol. The maximum absolute atomic E-state index is 14.4. The molecule has 1 unspecified atom stereocenters. The molecule has 0 aliphatic heterocycles. The van der Waals surface area contributed by atoms with Gasteiger partial charge in [0.25, 0.3) is 0 Å². The third-order valence-electron chi connectivity index (χ3n) is 6.37. The van der Waals surface area contributed by atoms with Crippen LogP contribution >= 0.6 is 11.8 Å². The van der Waals surface area contributed by atoms with Crippen LogP contribution in [0.4, 0.5) is 4.39 Å². The summed E-state index contributed by atoms with van der Waals surface area (Å²) in [4.78, 5) is 1.24. The molecule has 0 N–H and O–H groups in total. The van der Waals surface area contributed by atoms with Crippen molar-refractivity contribution in [3.05, 3.63) is 95.1 Å². The van der Waals surface area contributed by atoms with Crippen molar-refractivity contribution < 1.29 is 4.39 Å². The zero-order valence-electron chi connectivity index (χ0n) is 21.8. The SMILES string of the molecule is C=Cc1ccc(C(CCC(C)(C)F)Sc2cc(C)c(-c3ccc(C(C)(C)C)cc3)c(C)c2)cc1. The molecule has 1 atom stereocenters. The Morgan fingerprint density at radius 3 is 1.91 bits per heavy atom. The largest absolute Gasteiger partial charge is 0.245 e. The number of alkyl halides is 1. The van der Waals surface area contributed by atoms with Crippen LogP contribution < -0.4 is 0 Å². The first kappa shape index (κ1) is 26.3. The molecule has 0 aliphatic carbocycles. The van der Waals surface area contributed by atoms with Gasteiger partial charge in [0.2, 0.25) is 0 Å². The Balaban J connectivity index is 1.90. The maximum atomic E-state index is 14.4. The smallest absolute Gasteiger partial charge is 0.105 e. The third-order valence-corrected chi connectivity index (χ3v) is 7.67. The fourth-order valence-electron chi connectivity index (χ4n) is 4.36. The van der Waals surface area contributed by atoms with Crippen LogP contribution in [0.3, 0.4) is 0 Å². The first-order chi connectivity index (χ1) is 15.9. The Kier molecular flexibility index (Phi) is 8.14. The number of thioether (sulfide) groups is 1. The van der Waals surface area contributed by atoms with Gasteiger partial charge in [0.15, 0.2) is 0 Å². The number of rotatable bonds is 8. The van der Waals surface area contributed by atoms with Gasteiger partial charge in [-0.3, -0.25) is 0 Å². The van der Waals surface area contributed by atoms with E-state index in [1.54, 1.807) is 13.8 Å². The van der Waals surface area contributed by atoms with Crippen molar-refractivity contribution in [3.63, 3.8) is 0 Å². The van der Waals surface area contributed by atoms with Gasteiger partial charge in [0.1, 0.15) is 5.67 Å². The highest BCUT2D eigenvalue weighted by Crippen LogP contribution is 2.42. The van der Waals surface area contributed by atoms with Crippen molar-refractivity contribution in [1.29, 1.82) is 0 Å². The quantitative estimate of drug-likeness (QED) is 0.293. The van der Waals surface area contributed by atoms with E-state index in [1.165, 1.54) is 38.3 Å². The van der Waals surface area contributed by atoms with Gasteiger partial charge in [0.05, 0.1) is 0 Å². The molecule has 3 aromatic rings. The van der Waals surface area contributed by atoms with E-state index in [9.17, 15) is 4.39 Å². The fourth-order valence-corrected chi connectivity index (χ4v) is 5.71. The molecule has 180 valence electrons. The summed E-state index contributed by atoms with van der Waals surface area (Å²) in [6.07, 6.45) is 3.18. The summed E-state index contributed by atoms with van der Waals surface area (Å²) in [7, 11) is 0. The van der Waals surface area contributed by atoms with E-state index in [4.69, 9.17) is 0 Å². The van der Waals surface area contributed by atoms with Crippen molar-refractivity contribution in [1.82, 2.24) is 0 Å². The molecule has 2 heteroatoms.